The van der Waals surface area contributed by atoms with Crippen LogP contribution in [0, 0.1) is 5.92 Å². The number of aromatic nitrogens is 2. The summed E-state index contributed by atoms with van der Waals surface area (Å²) in [5.41, 5.74) is 5.96. The minimum atomic E-state index is -3.26. The quantitative estimate of drug-likeness (QED) is 0.0944. The molecule has 8 rings (SSSR count). The molecule has 5 aliphatic heterocycles. The van der Waals surface area contributed by atoms with Gasteiger partial charge in [-0.2, -0.15) is 0 Å². The van der Waals surface area contributed by atoms with Crippen LogP contribution in [-0.2, 0) is 19.2 Å². The van der Waals surface area contributed by atoms with E-state index < -0.39 is 21.1 Å². The Kier molecular flexibility index (Phi) is 7.99. The van der Waals surface area contributed by atoms with Crippen LogP contribution in [0.4, 0.5) is 5.82 Å². The second-order valence-electron chi connectivity index (χ2n) is 14.8. The third-order valence-electron chi connectivity index (χ3n) is 11.2. The topological polar surface area (TPSA) is 181 Å². The number of rotatable bonds is 6. The molecule has 1 aliphatic carbocycles. The smallest absolute Gasteiger partial charge is 0.197 e. The number of hydrogen-bond donors (Lipinski definition) is 5. The number of thioether (sulfide) groups is 1. The van der Waals surface area contributed by atoms with Gasteiger partial charge >= 0.3 is 0 Å². The Labute approximate surface area is 310 Å². The van der Waals surface area contributed by atoms with Crippen molar-refractivity contribution in [2.24, 2.45) is 20.9 Å². The summed E-state index contributed by atoms with van der Waals surface area (Å²) in [6.45, 7) is 15.5. The molecule has 0 radical (unpaired) electrons. The van der Waals surface area contributed by atoms with Crippen LogP contribution in [0.3, 0.4) is 0 Å². The number of carbonyl (C=O) groups excluding carboxylic acids is 4. The predicted octanol–water partition coefficient (Wildman–Crippen LogP) is 4.46. The third-order valence-corrected chi connectivity index (χ3v) is 17.2. The first-order chi connectivity index (χ1) is 25.2. The molecular formula is C39H41N7O5S2. The summed E-state index contributed by atoms with van der Waals surface area (Å²) in [5.74, 6) is -0.198. The van der Waals surface area contributed by atoms with E-state index in [2.05, 4.69) is 33.8 Å². The lowest BCUT2D eigenvalue weighted by atomic mass is 9.95. The highest BCUT2D eigenvalue weighted by Crippen LogP contribution is 2.86. The van der Waals surface area contributed by atoms with E-state index >= 15 is 0 Å². The maximum Gasteiger partial charge on any atom is 0.197 e. The number of Topliss-reactive ketones (excluding diaryl/α,β-unsaturated/α-hetero) is 2. The number of aliphatic imine (C=N–C) groups is 1. The lowest BCUT2D eigenvalue weighted by Crippen LogP contribution is -2.32. The molecule has 0 saturated carbocycles. The molecular weight excluding hydrogens is 711 g/mol. The third kappa shape index (κ3) is 4.88. The Morgan fingerprint density at radius 2 is 1.92 bits per heavy atom. The van der Waals surface area contributed by atoms with Crippen LogP contribution in [-0.4, -0.2) is 66.4 Å². The van der Waals surface area contributed by atoms with Crippen molar-refractivity contribution < 1.29 is 24.3 Å². The molecule has 0 amide bonds. The van der Waals surface area contributed by atoms with Gasteiger partial charge in [0.15, 0.2) is 27.4 Å². The van der Waals surface area contributed by atoms with Crippen molar-refractivity contribution in [1.29, 1.82) is 0 Å². The molecule has 7 heterocycles. The largest absolute Gasteiger partial charge is 0.388 e. The van der Waals surface area contributed by atoms with Crippen LogP contribution >= 0.6 is 20.5 Å². The number of hydrogen-bond acceptors (Lipinski definition) is 11. The van der Waals surface area contributed by atoms with Gasteiger partial charge in [0.05, 0.1) is 11.6 Å². The second-order valence-corrected chi connectivity index (χ2v) is 20.7. The highest BCUT2D eigenvalue weighted by atomic mass is 32.3. The van der Waals surface area contributed by atoms with E-state index in [1.54, 1.807) is 6.08 Å². The van der Waals surface area contributed by atoms with E-state index in [1.807, 2.05) is 58.3 Å². The van der Waals surface area contributed by atoms with Crippen LogP contribution in [0.2, 0.25) is 0 Å². The molecule has 6 aliphatic rings. The Morgan fingerprint density at radius 1 is 1.15 bits per heavy atom. The monoisotopic (exact) mass is 751 g/mol. The molecule has 2 aromatic heterocycles. The summed E-state index contributed by atoms with van der Waals surface area (Å²) in [6.07, 6.45) is 12.1. The average Bonchev–Trinajstić information content (AvgIpc) is 3.73. The maximum absolute atomic E-state index is 13.9. The van der Waals surface area contributed by atoms with Crippen LogP contribution in [0.15, 0.2) is 74.4 Å². The number of aliphatic hydroxyl groups excluding tert-OH is 1. The first-order valence-electron chi connectivity index (χ1n) is 17.6. The van der Waals surface area contributed by atoms with Gasteiger partial charge in [-0.15, -0.1) is 8.75 Å². The zero-order chi connectivity index (χ0) is 37.7. The molecule has 14 heteroatoms. The van der Waals surface area contributed by atoms with Gasteiger partial charge in [-0.1, -0.05) is 70.0 Å². The number of aliphatic hydroxyl groups is 1. The second kappa shape index (κ2) is 12.1. The van der Waals surface area contributed by atoms with Gasteiger partial charge in [-0.05, 0) is 42.7 Å². The maximum atomic E-state index is 13.9. The molecule has 274 valence electrons. The molecule has 10 bridgehead atoms. The van der Waals surface area contributed by atoms with E-state index in [0.29, 0.717) is 56.9 Å². The first kappa shape index (κ1) is 35.1. The number of allylic oxidation sites excluding steroid dienone is 4. The van der Waals surface area contributed by atoms with E-state index in [1.165, 1.54) is 11.8 Å². The molecule has 0 spiro atoms. The minimum Gasteiger partial charge on any atom is -0.388 e. The molecule has 0 aromatic carbocycles. The molecule has 12 nitrogen and oxygen atoms in total. The molecule has 4 unspecified atom stereocenters. The van der Waals surface area contributed by atoms with Gasteiger partial charge in [0.2, 0.25) is 0 Å². The number of nitrogens with zero attached hydrogens (tertiary/aromatic N) is 3. The Hall–Kier alpha value is -4.92. The fourth-order valence-electron chi connectivity index (χ4n) is 8.21. The number of aromatic amines is 2. The zero-order valence-electron chi connectivity index (χ0n) is 30.1. The van der Waals surface area contributed by atoms with Crippen molar-refractivity contribution in [3.05, 3.63) is 98.4 Å². The molecule has 2 saturated heterocycles. The highest BCUT2D eigenvalue weighted by molar-refractivity contribution is 8.65. The van der Waals surface area contributed by atoms with E-state index in [0.717, 1.165) is 21.7 Å². The van der Waals surface area contributed by atoms with Gasteiger partial charge in [-0.25, -0.2) is 15.0 Å². The lowest BCUT2D eigenvalue weighted by Gasteiger charge is -2.20. The molecule has 53 heavy (non-hydrogen) atoms. The van der Waals surface area contributed by atoms with Crippen LogP contribution < -0.4 is 21.6 Å². The van der Waals surface area contributed by atoms with Crippen LogP contribution in [0.5, 0.6) is 0 Å². The number of ketones is 2. The van der Waals surface area contributed by atoms with Crippen molar-refractivity contribution in [3.63, 3.8) is 0 Å². The average molecular weight is 752 g/mol. The minimum absolute atomic E-state index is 0.0580. The number of amidine groups is 1. The van der Waals surface area contributed by atoms with E-state index in [-0.39, 0.29) is 62.3 Å². The number of H-pyrrole nitrogens is 2. The van der Waals surface area contributed by atoms with Crippen molar-refractivity contribution in [2.75, 3.05) is 12.9 Å². The predicted molar refractivity (Wildman–Crippen MR) is 211 cm³/mol. The zero-order valence-corrected chi connectivity index (χ0v) is 31.8. The summed E-state index contributed by atoms with van der Waals surface area (Å²) >= 11 is 1.29. The van der Waals surface area contributed by atoms with E-state index in [4.69, 9.17) is 15.0 Å². The van der Waals surface area contributed by atoms with Crippen molar-refractivity contribution >= 4 is 71.2 Å². The fourth-order valence-corrected chi connectivity index (χ4v) is 13.9. The van der Waals surface area contributed by atoms with Gasteiger partial charge in [0, 0.05) is 55.7 Å². The Morgan fingerprint density at radius 3 is 2.62 bits per heavy atom. The van der Waals surface area contributed by atoms with Crippen molar-refractivity contribution in [2.45, 2.75) is 62.9 Å². The molecule has 2 fully saturated rings. The highest BCUT2D eigenvalue weighted by Gasteiger charge is 2.66. The van der Waals surface area contributed by atoms with Gasteiger partial charge in [-0.3, -0.25) is 19.2 Å². The molecule has 2 aromatic rings. The SMILES string of the molecule is C=C(C(=O)CO)c1c(C(C)C)c2[nH]c1=NC1=S3(C)(C=O)C(=C(N=C4NC(=Cc5[nH]c(c6c5C5CC6SC5=O)N=2)C(=O)C/C=C\C(C)C4=C)N1)C3/C=C\C. The number of fused-ring (bicyclic) bond motifs is 16. The van der Waals surface area contributed by atoms with E-state index in [9.17, 15) is 24.3 Å². The Bertz CT molecular complexity index is 2520. The number of nitrogens with one attached hydrogen (secondary N) is 4. The van der Waals surface area contributed by atoms with Crippen molar-refractivity contribution in [3.8, 4) is 0 Å². The summed E-state index contributed by atoms with van der Waals surface area (Å²) in [6, 6.07) is 0. The number of carbonyl (C=O) groups is 4. The van der Waals surface area contributed by atoms with Gasteiger partial charge in [0.25, 0.3) is 0 Å². The Balaban J connectivity index is 1.52. The first-order valence-corrected chi connectivity index (χ1v) is 21.0. The van der Waals surface area contributed by atoms with Gasteiger partial charge in [0.1, 0.15) is 35.1 Å². The van der Waals surface area contributed by atoms with Crippen LogP contribution in [0.25, 0.3) is 11.6 Å². The standard InChI is InChI=1S/C39H41N7O5S2/c1-8-10-27-32-37-42-33-19(5)18(4)11-9-12-24(49)22(40-33)14-23-30-21-13-26(52-38(21)51)31(30)36(41-23)44-34-28(17(2)3)29(20(6)25(50)15-47)35(43-34)45-39(46-37)53(27,32,7)16-48/h8-11,14,16-18,21,26-27,41,46-47H,5-6,12-13,15H2,1-4,7H3,(H,40,42)(H,43,44,45)/b10-8-,11-9-,22-14?. The fraction of sp³-hybridized carbons (Fsp3) is 0.333. The summed E-state index contributed by atoms with van der Waals surface area (Å²) in [5, 5.41) is 16.7. The molecule has 5 N–H and O–H groups in total. The summed E-state index contributed by atoms with van der Waals surface area (Å²) < 4.78 is 0. The van der Waals surface area contributed by atoms with Crippen LogP contribution in [0.1, 0.15) is 85.6 Å². The normalized spacial score (nSPS) is 27.5. The summed E-state index contributed by atoms with van der Waals surface area (Å²) in [4.78, 5) is 76.7. The van der Waals surface area contributed by atoms with Crippen molar-refractivity contribution in [1.82, 2.24) is 20.6 Å². The molecule has 4 atom stereocenters. The summed E-state index contributed by atoms with van der Waals surface area (Å²) in [7, 11) is -3.26. The van der Waals surface area contributed by atoms with Gasteiger partial charge < -0.3 is 25.7 Å². The lowest BCUT2D eigenvalue weighted by molar-refractivity contribution is -0.116.